The lowest BCUT2D eigenvalue weighted by Gasteiger charge is -2.24. The first-order chi connectivity index (χ1) is 8.77. The van der Waals surface area contributed by atoms with Gasteiger partial charge < -0.3 is 5.73 Å². The first-order valence-corrected chi connectivity index (χ1v) is 8.02. The van der Waals surface area contributed by atoms with Gasteiger partial charge in [0.1, 0.15) is 0 Å². The van der Waals surface area contributed by atoms with Gasteiger partial charge in [0.15, 0.2) is 0 Å². The molecule has 4 nitrogen and oxygen atoms in total. The quantitative estimate of drug-likeness (QED) is 0.805. The summed E-state index contributed by atoms with van der Waals surface area (Å²) in [6.45, 7) is 7.02. The maximum Gasteiger partial charge on any atom is 0.240 e. The molecule has 0 amide bonds. The zero-order valence-electron chi connectivity index (χ0n) is 11.9. The van der Waals surface area contributed by atoms with E-state index in [9.17, 15) is 8.42 Å². The Morgan fingerprint density at radius 3 is 2.58 bits per heavy atom. The molecule has 1 rings (SSSR count). The summed E-state index contributed by atoms with van der Waals surface area (Å²) >= 11 is 0. The zero-order valence-corrected chi connectivity index (χ0v) is 12.8. The van der Waals surface area contributed by atoms with Gasteiger partial charge in [-0.1, -0.05) is 26.0 Å². The van der Waals surface area contributed by atoms with Crippen LogP contribution in [0.15, 0.2) is 29.2 Å². The molecule has 0 atom stereocenters. The minimum atomic E-state index is -3.42. The van der Waals surface area contributed by atoms with E-state index in [1.165, 1.54) is 0 Å². The maximum atomic E-state index is 12.2. The van der Waals surface area contributed by atoms with Crippen LogP contribution in [0, 0.1) is 12.3 Å². The van der Waals surface area contributed by atoms with Crippen molar-refractivity contribution >= 4 is 10.0 Å². The van der Waals surface area contributed by atoms with Gasteiger partial charge in [0, 0.05) is 6.54 Å². The highest BCUT2D eigenvalue weighted by atomic mass is 32.2. The first kappa shape index (κ1) is 16.1. The molecule has 0 heterocycles. The molecule has 108 valence electrons. The normalized spacial score (nSPS) is 12.6. The average molecular weight is 284 g/mol. The van der Waals surface area contributed by atoms with Crippen molar-refractivity contribution in [3.8, 4) is 0 Å². The smallest absolute Gasteiger partial charge is 0.240 e. The lowest BCUT2D eigenvalue weighted by molar-refractivity contribution is 0.327. The maximum absolute atomic E-state index is 12.2. The predicted molar refractivity (Wildman–Crippen MR) is 78.4 cm³/mol. The van der Waals surface area contributed by atoms with E-state index < -0.39 is 10.0 Å². The molecule has 0 saturated carbocycles. The molecule has 1 aromatic rings. The third-order valence-electron chi connectivity index (χ3n) is 3.10. The molecule has 0 aromatic heterocycles. The minimum absolute atomic E-state index is 0.0870. The van der Waals surface area contributed by atoms with E-state index in [-0.39, 0.29) is 5.41 Å². The Bertz CT molecular complexity index is 510. The van der Waals surface area contributed by atoms with Crippen LogP contribution in [0.1, 0.15) is 32.3 Å². The van der Waals surface area contributed by atoms with Crippen LogP contribution in [0.5, 0.6) is 0 Å². The van der Waals surface area contributed by atoms with Crippen molar-refractivity contribution < 1.29 is 8.42 Å². The summed E-state index contributed by atoms with van der Waals surface area (Å²) in [5.41, 5.74) is 6.34. The second-order valence-electron chi connectivity index (χ2n) is 5.70. The van der Waals surface area contributed by atoms with Crippen LogP contribution >= 0.6 is 0 Å². The Morgan fingerprint density at radius 1 is 1.32 bits per heavy atom. The summed E-state index contributed by atoms with van der Waals surface area (Å²) in [6, 6.07) is 6.92. The Kier molecular flexibility index (Phi) is 5.52. The second kappa shape index (κ2) is 6.50. The fourth-order valence-electron chi connectivity index (χ4n) is 1.83. The van der Waals surface area contributed by atoms with Crippen molar-refractivity contribution in [2.24, 2.45) is 11.1 Å². The highest BCUT2D eigenvalue weighted by molar-refractivity contribution is 7.89. The van der Waals surface area contributed by atoms with Crippen LogP contribution in [-0.2, 0) is 10.0 Å². The van der Waals surface area contributed by atoms with E-state index in [4.69, 9.17) is 5.73 Å². The zero-order chi connectivity index (χ0) is 14.5. The lowest BCUT2D eigenvalue weighted by Crippen LogP contribution is -2.34. The summed E-state index contributed by atoms with van der Waals surface area (Å²) < 4.78 is 27.0. The van der Waals surface area contributed by atoms with Gasteiger partial charge in [-0.05, 0) is 49.4 Å². The van der Waals surface area contributed by atoms with E-state index in [1.54, 1.807) is 18.2 Å². The summed E-state index contributed by atoms with van der Waals surface area (Å²) in [5.74, 6) is 0. The van der Waals surface area contributed by atoms with Crippen LogP contribution in [0.25, 0.3) is 0 Å². The highest BCUT2D eigenvalue weighted by Gasteiger charge is 2.21. The molecule has 19 heavy (non-hydrogen) atoms. The molecular weight excluding hydrogens is 260 g/mol. The number of nitrogens with two attached hydrogens (primary N) is 1. The molecule has 0 aliphatic heterocycles. The van der Waals surface area contributed by atoms with E-state index in [0.29, 0.717) is 18.0 Å². The summed E-state index contributed by atoms with van der Waals surface area (Å²) in [5, 5.41) is 0. The van der Waals surface area contributed by atoms with Gasteiger partial charge in [-0.15, -0.1) is 0 Å². The second-order valence-corrected chi connectivity index (χ2v) is 7.46. The van der Waals surface area contributed by atoms with Gasteiger partial charge in [0.2, 0.25) is 10.0 Å². The number of benzene rings is 1. The molecule has 0 radical (unpaired) electrons. The van der Waals surface area contributed by atoms with Crippen LogP contribution in [0.4, 0.5) is 0 Å². The molecule has 0 saturated heterocycles. The molecule has 1 aromatic carbocycles. The van der Waals surface area contributed by atoms with Crippen molar-refractivity contribution in [3.05, 3.63) is 29.8 Å². The van der Waals surface area contributed by atoms with Crippen molar-refractivity contribution in [1.29, 1.82) is 0 Å². The highest BCUT2D eigenvalue weighted by Crippen LogP contribution is 2.21. The van der Waals surface area contributed by atoms with Crippen LogP contribution < -0.4 is 10.5 Å². The molecule has 0 aliphatic carbocycles. The molecular formula is C14H24N2O2S. The molecule has 0 bridgehead atoms. The third-order valence-corrected chi connectivity index (χ3v) is 4.50. The average Bonchev–Trinajstić information content (AvgIpc) is 2.34. The van der Waals surface area contributed by atoms with Crippen molar-refractivity contribution in [3.63, 3.8) is 0 Å². The topological polar surface area (TPSA) is 72.2 Å². The lowest BCUT2D eigenvalue weighted by atomic mass is 9.88. The summed E-state index contributed by atoms with van der Waals surface area (Å²) in [4.78, 5) is 0.321. The minimum Gasteiger partial charge on any atom is -0.330 e. The Hall–Kier alpha value is -0.910. The van der Waals surface area contributed by atoms with Crippen LogP contribution in [-0.4, -0.2) is 21.5 Å². The standard InChI is InChI=1S/C14H24N2O2S/c1-12-6-4-7-13(10-12)19(17,18)16-11-14(2,3)8-5-9-15/h4,6-7,10,16H,5,8-9,11,15H2,1-3H3. The fraction of sp³-hybridized carbons (Fsp3) is 0.571. The first-order valence-electron chi connectivity index (χ1n) is 6.53. The van der Waals surface area contributed by atoms with E-state index in [2.05, 4.69) is 4.72 Å². The number of hydrogen-bond acceptors (Lipinski definition) is 3. The van der Waals surface area contributed by atoms with Crippen molar-refractivity contribution in [2.75, 3.05) is 13.1 Å². The Morgan fingerprint density at radius 2 is 2.00 bits per heavy atom. The van der Waals surface area contributed by atoms with Gasteiger partial charge in [-0.2, -0.15) is 0 Å². The molecule has 5 heteroatoms. The van der Waals surface area contributed by atoms with E-state index in [0.717, 1.165) is 18.4 Å². The van der Waals surface area contributed by atoms with Crippen LogP contribution in [0.3, 0.4) is 0 Å². The van der Waals surface area contributed by atoms with E-state index in [1.807, 2.05) is 26.8 Å². The van der Waals surface area contributed by atoms with E-state index >= 15 is 0 Å². The number of nitrogens with one attached hydrogen (secondary N) is 1. The number of aryl methyl sites for hydroxylation is 1. The van der Waals surface area contributed by atoms with Crippen molar-refractivity contribution in [1.82, 2.24) is 4.72 Å². The van der Waals surface area contributed by atoms with Gasteiger partial charge in [0.25, 0.3) is 0 Å². The molecule has 3 N–H and O–H groups in total. The van der Waals surface area contributed by atoms with Crippen LogP contribution in [0.2, 0.25) is 0 Å². The molecule has 0 spiro atoms. The van der Waals surface area contributed by atoms with Gasteiger partial charge in [0.05, 0.1) is 4.90 Å². The molecule has 0 aliphatic rings. The summed E-state index contributed by atoms with van der Waals surface area (Å²) in [7, 11) is -3.42. The number of hydrogen-bond donors (Lipinski definition) is 2. The Labute approximate surface area is 116 Å². The predicted octanol–water partition coefficient (Wildman–Crippen LogP) is 2.04. The third kappa shape index (κ3) is 5.30. The van der Waals surface area contributed by atoms with Gasteiger partial charge in [-0.3, -0.25) is 0 Å². The van der Waals surface area contributed by atoms with Crippen molar-refractivity contribution in [2.45, 2.75) is 38.5 Å². The monoisotopic (exact) mass is 284 g/mol. The molecule has 0 fully saturated rings. The SMILES string of the molecule is Cc1cccc(S(=O)(=O)NCC(C)(C)CCCN)c1. The molecule has 0 unspecified atom stereocenters. The Balaban J connectivity index is 2.71. The summed E-state index contributed by atoms with van der Waals surface area (Å²) in [6.07, 6.45) is 1.80. The van der Waals surface area contributed by atoms with Gasteiger partial charge >= 0.3 is 0 Å². The van der Waals surface area contributed by atoms with Gasteiger partial charge in [-0.25, -0.2) is 13.1 Å². The number of rotatable bonds is 7. The largest absolute Gasteiger partial charge is 0.330 e. The fourth-order valence-corrected chi connectivity index (χ4v) is 3.17. The number of sulfonamides is 1.